The molecule has 0 atom stereocenters. The molecule has 2 heterocycles. The number of aryl methyl sites for hydroxylation is 1. The molecule has 0 aliphatic carbocycles. The van der Waals surface area contributed by atoms with Crippen molar-refractivity contribution < 1.29 is 9.90 Å². The topological polar surface area (TPSA) is 58.4 Å². The molecular formula is C18H23N3O2. The summed E-state index contributed by atoms with van der Waals surface area (Å²) in [4.78, 5) is 13.5. The zero-order chi connectivity index (χ0) is 16.2. The molecule has 1 aromatic heterocycles. The van der Waals surface area contributed by atoms with Crippen LogP contribution in [0.25, 0.3) is 0 Å². The van der Waals surface area contributed by atoms with Crippen molar-refractivity contribution in [2.75, 3.05) is 6.54 Å². The van der Waals surface area contributed by atoms with Crippen LogP contribution in [-0.2, 0) is 37.3 Å². The lowest BCUT2D eigenvalue weighted by atomic mass is 10.0. The predicted octanol–water partition coefficient (Wildman–Crippen LogP) is 2.48. The third-order valence-corrected chi connectivity index (χ3v) is 4.32. The summed E-state index contributed by atoms with van der Waals surface area (Å²) in [6.45, 7) is 4.83. The van der Waals surface area contributed by atoms with E-state index in [0.717, 1.165) is 50.3 Å². The molecule has 5 heteroatoms. The summed E-state index contributed by atoms with van der Waals surface area (Å²) in [6, 6.07) is 10.5. The Balaban J connectivity index is 1.81. The van der Waals surface area contributed by atoms with E-state index in [1.54, 1.807) is 4.68 Å². The highest BCUT2D eigenvalue weighted by molar-refractivity contribution is 5.66. The number of hydrogen-bond acceptors (Lipinski definition) is 3. The minimum Gasteiger partial charge on any atom is -0.480 e. The third-order valence-electron chi connectivity index (χ3n) is 4.32. The van der Waals surface area contributed by atoms with Gasteiger partial charge in [0.25, 0.3) is 0 Å². The summed E-state index contributed by atoms with van der Waals surface area (Å²) in [6.07, 6.45) is 2.80. The zero-order valence-corrected chi connectivity index (χ0v) is 13.5. The first-order chi connectivity index (χ1) is 11.2. The Bertz CT molecular complexity index is 679. The molecule has 1 N–H and O–H groups in total. The van der Waals surface area contributed by atoms with Gasteiger partial charge < -0.3 is 5.11 Å². The molecule has 0 unspecified atom stereocenters. The number of nitrogens with zero attached hydrogens (tertiary/aromatic N) is 3. The lowest BCUT2D eigenvalue weighted by molar-refractivity contribution is -0.137. The minimum atomic E-state index is -0.829. The Hall–Kier alpha value is -2.14. The SMILES string of the molecule is CCCc1nn(CC(=O)O)c2c1CN(Cc1ccccc1)CC2. The molecule has 0 saturated carbocycles. The quantitative estimate of drug-likeness (QED) is 0.890. The number of carbonyl (C=O) groups is 1. The van der Waals surface area contributed by atoms with Gasteiger partial charge in [-0.2, -0.15) is 5.10 Å². The third kappa shape index (κ3) is 3.62. The van der Waals surface area contributed by atoms with Crippen LogP contribution < -0.4 is 0 Å². The van der Waals surface area contributed by atoms with Crippen LogP contribution in [0, 0.1) is 0 Å². The molecular weight excluding hydrogens is 290 g/mol. The van der Waals surface area contributed by atoms with E-state index in [0.29, 0.717) is 0 Å². The van der Waals surface area contributed by atoms with Crippen LogP contribution in [-0.4, -0.2) is 32.3 Å². The lowest BCUT2D eigenvalue weighted by Crippen LogP contribution is -2.31. The lowest BCUT2D eigenvalue weighted by Gasteiger charge is -2.27. The van der Waals surface area contributed by atoms with Crippen LogP contribution in [0.3, 0.4) is 0 Å². The van der Waals surface area contributed by atoms with Crippen molar-refractivity contribution in [3.8, 4) is 0 Å². The number of aromatic nitrogens is 2. The smallest absolute Gasteiger partial charge is 0.325 e. The highest BCUT2D eigenvalue weighted by atomic mass is 16.4. The van der Waals surface area contributed by atoms with Crippen molar-refractivity contribution in [3.05, 3.63) is 52.8 Å². The Morgan fingerprint density at radius 3 is 2.78 bits per heavy atom. The zero-order valence-electron chi connectivity index (χ0n) is 13.5. The van der Waals surface area contributed by atoms with Crippen molar-refractivity contribution in [3.63, 3.8) is 0 Å². The molecule has 1 aromatic carbocycles. The maximum atomic E-state index is 11.1. The molecule has 122 valence electrons. The van der Waals surface area contributed by atoms with Crippen LogP contribution in [0.2, 0.25) is 0 Å². The van der Waals surface area contributed by atoms with Crippen LogP contribution >= 0.6 is 0 Å². The van der Waals surface area contributed by atoms with E-state index < -0.39 is 5.97 Å². The molecule has 1 aliphatic rings. The molecule has 0 fully saturated rings. The number of carboxylic acids is 1. The van der Waals surface area contributed by atoms with Gasteiger partial charge >= 0.3 is 5.97 Å². The van der Waals surface area contributed by atoms with Gasteiger partial charge in [-0.3, -0.25) is 14.4 Å². The van der Waals surface area contributed by atoms with Crippen LogP contribution in [0.15, 0.2) is 30.3 Å². The van der Waals surface area contributed by atoms with Crippen LogP contribution in [0.1, 0.15) is 35.9 Å². The normalized spacial score (nSPS) is 14.7. The van der Waals surface area contributed by atoms with Gasteiger partial charge in [0.15, 0.2) is 0 Å². The number of benzene rings is 1. The molecule has 0 bridgehead atoms. The average molecular weight is 313 g/mol. The van der Waals surface area contributed by atoms with Crippen molar-refractivity contribution >= 4 is 5.97 Å². The number of aliphatic carboxylic acids is 1. The summed E-state index contributed by atoms with van der Waals surface area (Å²) < 4.78 is 1.70. The first-order valence-corrected chi connectivity index (χ1v) is 8.23. The Labute approximate surface area is 136 Å². The van der Waals surface area contributed by atoms with Gasteiger partial charge in [-0.25, -0.2) is 0 Å². The largest absolute Gasteiger partial charge is 0.480 e. The Morgan fingerprint density at radius 2 is 2.09 bits per heavy atom. The van der Waals surface area contributed by atoms with Crippen LogP contribution in [0.5, 0.6) is 0 Å². The van der Waals surface area contributed by atoms with E-state index in [1.165, 1.54) is 11.1 Å². The van der Waals surface area contributed by atoms with Gasteiger partial charge in [0.2, 0.25) is 0 Å². The molecule has 0 radical (unpaired) electrons. The first kappa shape index (κ1) is 15.7. The maximum absolute atomic E-state index is 11.1. The van der Waals surface area contributed by atoms with Crippen LogP contribution in [0.4, 0.5) is 0 Å². The van der Waals surface area contributed by atoms with E-state index in [9.17, 15) is 4.79 Å². The van der Waals surface area contributed by atoms with Crippen molar-refractivity contribution in [2.45, 2.75) is 45.8 Å². The second-order valence-electron chi connectivity index (χ2n) is 6.12. The number of fused-ring (bicyclic) bond motifs is 1. The second kappa shape index (κ2) is 6.96. The predicted molar refractivity (Wildman–Crippen MR) is 88.1 cm³/mol. The van der Waals surface area contributed by atoms with E-state index in [1.807, 2.05) is 6.07 Å². The van der Waals surface area contributed by atoms with Gasteiger partial charge in [0, 0.05) is 37.3 Å². The van der Waals surface area contributed by atoms with Crippen molar-refractivity contribution in [1.29, 1.82) is 0 Å². The van der Waals surface area contributed by atoms with E-state index in [4.69, 9.17) is 5.11 Å². The monoisotopic (exact) mass is 313 g/mol. The number of hydrogen-bond donors (Lipinski definition) is 1. The molecule has 23 heavy (non-hydrogen) atoms. The molecule has 5 nitrogen and oxygen atoms in total. The first-order valence-electron chi connectivity index (χ1n) is 8.23. The van der Waals surface area contributed by atoms with Gasteiger partial charge in [-0.1, -0.05) is 43.7 Å². The number of carboxylic acid groups (broad SMARTS) is 1. The molecule has 0 saturated heterocycles. The van der Waals surface area contributed by atoms with E-state index in [2.05, 4.69) is 41.2 Å². The van der Waals surface area contributed by atoms with Crippen molar-refractivity contribution in [1.82, 2.24) is 14.7 Å². The highest BCUT2D eigenvalue weighted by Gasteiger charge is 2.25. The summed E-state index contributed by atoms with van der Waals surface area (Å²) >= 11 is 0. The fraction of sp³-hybridized carbons (Fsp3) is 0.444. The summed E-state index contributed by atoms with van der Waals surface area (Å²) in [5, 5.41) is 13.7. The summed E-state index contributed by atoms with van der Waals surface area (Å²) in [5.74, 6) is -0.829. The maximum Gasteiger partial charge on any atom is 0.325 e. The van der Waals surface area contributed by atoms with Gasteiger partial charge in [0.05, 0.1) is 5.69 Å². The molecule has 2 aromatic rings. The van der Waals surface area contributed by atoms with Gasteiger partial charge in [-0.15, -0.1) is 0 Å². The van der Waals surface area contributed by atoms with Gasteiger partial charge in [-0.05, 0) is 12.0 Å². The summed E-state index contributed by atoms with van der Waals surface area (Å²) in [5.41, 5.74) is 4.74. The second-order valence-corrected chi connectivity index (χ2v) is 6.12. The Kier molecular flexibility index (Phi) is 4.76. The van der Waals surface area contributed by atoms with Gasteiger partial charge in [0.1, 0.15) is 6.54 Å². The molecule has 1 aliphatic heterocycles. The van der Waals surface area contributed by atoms with Crippen molar-refractivity contribution in [2.24, 2.45) is 0 Å². The molecule has 0 amide bonds. The minimum absolute atomic E-state index is 0.0370. The Morgan fingerprint density at radius 1 is 1.30 bits per heavy atom. The van der Waals surface area contributed by atoms with E-state index in [-0.39, 0.29) is 6.54 Å². The number of rotatable bonds is 6. The highest BCUT2D eigenvalue weighted by Crippen LogP contribution is 2.25. The summed E-state index contributed by atoms with van der Waals surface area (Å²) in [7, 11) is 0. The molecule has 0 spiro atoms. The van der Waals surface area contributed by atoms with E-state index >= 15 is 0 Å². The standard InChI is InChI=1S/C18H23N3O2/c1-2-6-16-15-12-20(11-14-7-4-3-5-8-14)10-9-17(15)21(19-16)13-18(22)23/h3-5,7-8H,2,6,9-13H2,1H3,(H,22,23). The fourth-order valence-corrected chi connectivity index (χ4v) is 3.29. The fourth-order valence-electron chi connectivity index (χ4n) is 3.29. The average Bonchev–Trinajstić information content (AvgIpc) is 2.85. The molecule has 3 rings (SSSR count).